The second-order valence-corrected chi connectivity index (χ2v) is 12.1. The number of nitrogens with one attached hydrogen (secondary N) is 2. The first-order valence-corrected chi connectivity index (χ1v) is 14.8. The fourth-order valence-electron chi connectivity index (χ4n) is 5.07. The highest BCUT2D eigenvalue weighted by Gasteiger charge is 2.30. The van der Waals surface area contributed by atoms with Gasteiger partial charge in [-0.05, 0) is 74.5 Å². The molecule has 1 aliphatic heterocycles. The standard InChI is InChI=1S/C32H35Cl2N5O3.ClH/c1-32(2,20-36-30(41)22-11-15-39(16-12-22)17-18-42-25-6-4-24(33)5-7-25)31-37-28(21-9-13-35-14-10-21)29(38-31)23-3-8-26(34)27(40)19-23;/h3-10,13-14,19,22,40H,11-12,15-18,20H2,1-2H3,(H,36,41)(H,37,38);1H. The van der Waals surface area contributed by atoms with Crippen LogP contribution in [0.2, 0.25) is 10.0 Å². The van der Waals surface area contributed by atoms with Crippen LogP contribution in [0, 0.1) is 5.92 Å². The summed E-state index contributed by atoms with van der Waals surface area (Å²) in [5.74, 6) is 1.58. The van der Waals surface area contributed by atoms with E-state index in [9.17, 15) is 9.90 Å². The Morgan fingerprint density at radius 1 is 1.07 bits per heavy atom. The molecule has 8 nitrogen and oxygen atoms in total. The van der Waals surface area contributed by atoms with Crippen LogP contribution < -0.4 is 10.1 Å². The van der Waals surface area contributed by atoms with Crippen LogP contribution in [0.15, 0.2) is 67.0 Å². The zero-order valence-corrected chi connectivity index (χ0v) is 26.5. The SMILES string of the molecule is CC(C)(CNC(=O)C1CCN(CCOc2ccc(Cl)cc2)CC1)c1nc(-c2ccc(Cl)c(O)c2)c(-c2ccncc2)[nH]1.Cl. The van der Waals surface area contributed by atoms with Gasteiger partial charge in [-0.15, -0.1) is 12.4 Å². The summed E-state index contributed by atoms with van der Waals surface area (Å²) in [6.45, 7) is 7.65. The number of rotatable bonds is 10. The molecular formula is C32H36Cl3N5O3. The van der Waals surface area contributed by atoms with Crippen molar-refractivity contribution in [3.8, 4) is 34.0 Å². The van der Waals surface area contributed by atoms with Gasteiger partial charge in [0.1, 0.15) is 23.9 Å². The Morgan fingerprint density at radius 3 is 2.44 bits per heavy atom. The molecule has 0 radical (unpaired) electrons. The monoisotopic (exact) mass is 643 g/mol. The van der Waals surface area contributed by atoms with Gasteiger partial charge in [0.15, 0.2) is 0 Å². The molecule has 11 heteroatoms. The summed E-state index contributed by atoms with van der Waals surface area (Å²) in [6, 6.07) is 16.3. The van der Waals surface area contributed by atoms with Crippen molar-refractivity contribution in [3.63, 3.8) is 0 Å². The molecule has 1 saturated heterocycles. The number of aromatic amines is 1. The van der Waals surface area contributed by atoms with Crippen molar-refractivity contribution in [2.75, 3.05) is 32.8 Å². The normalized spacial score (nSPS) is 14.2. The van der Waals surface area contributed by atoms with Gasteiger partial charge in [-0.1, -0.05) is 43.1 Å². The first-order valence-electron chi connectivity index (χ1n) is 14.1. The number of carbonyl (C=O) groups is 1. The molecule has 1 aliphatic rings. The predicted molar refractivity (Wildman–Crippen MR) is 173 cm³/mol. The van der Waals surface area contributed by atoms with Gasteiger partial charge in [0.05, 0.1) is 16.4 Å². The molecule has 4 aromatic rings. The summed E-state index contributed by atoms with van der Waals surface area (Å²) >= 11 is 12.0. The third kappa shape index (κ3) is 8.21. The smallest absolute Gasteiger partial charge is 0.223 e. The number of hydrogen-bond donors (Lipinski definition) is 3. The Balaban J connectivity index is 0.00000423. The Labute approximate surface area is 268 Å². The lowest BCUT2D eigenvalue weighted by atomic mass is 9.91. The van der Waals surface area contributed by atoms with Crippen LogP contribution in [-0.2, 0) is 10.2 Å². The van der Waals surface area contributed by atoms with E-state index in [1.165, 1.54) is 0 Å². The molecule has 0 saturated carbocycles. The molecule has 5 rings (SSSR count). The van der Waals surface area contributed by atoms with E-state index in [1.54, 1.807) is 24.5 Å². The molecule has 0 bridgehead atoms. The number of phenolic OH excluding ortho intramolecular Hbond substituents is 1. The Bertz CT molecular complexity index is 1500. The van der Waals surface area contributed by atoms with Crippen molar-refractivity contribution in [1.29, 1.82) is 0 Å². The molecule has 3 N–H and O–H groups in total. The quantitative estimate of drug-likeness (QED) is 0.176. The predicted octanol–water partition coefficient (Wildman–Crippen LogP) is 6.76. The van der Waals surface area contributed by atoms with Crippen molar-refractivity contribution in [3.05, 3.63) is 82.9 Å². The molecule has 1 fully saturated rings. The molecule has 3 heterocycles. The van der Waals surface area contributed by atoms with E-state index >= 15 is 0 Å². The summed E-state index contributed by atoms with van der Waals surface area (Å²) in [7, 11) is 0. The van der Waals surface area contributed by atoms with E-state index < -0.39 is 5.41 Å². The van der Waals surface area contributed by atoms with E-state index in [0.717, 1.165) is 60.9 Å². The lowest BCUT2D eigenvalue weighted by Gasteiger charge is -2.32. The number of aromatic nitrogens is 3. The summed E-state index contributed by atoms with van der Waals surface area (Å²) < 4.78 is 5.82. The third-order valence-corrected chi connectivity index (χ3v) is 8.26. The van der Waals surface area contributed by atoms with Crippen LogP contribution in [-0.4, -0.2) is 63.7 Å². The Hall–Kier alpha value is -3.30. The van der Waals surface area contributed by atoms with E-state index in [4.69, 9.17) is 32.9 Å². The number of carbonyl (C=O) groups excluding carboxylic acids is 1. The minimum absolute atomic E-state index is 0. The maximum Gasteiger partial charge on any atom is 0.223 e. The van der Waals surface area contributed by atoms with E-state index in [2.05, 4.69) is 34.0 Å². The Kier molecular flexibility index (Phi) is 11.0. The second kappa shape index (κ2) is 14.4. The van der Waals surface area contributed by atoms with Gasteiger partial charge in [-0.3, -0.25) is 14.7 Å². The molecule has 2 aromatic heterocycles. The topological polar surface area (TPSA) is 103 Å². The number of halogens is 3. The number of nitrogens with zero attached hydrogens (tertiary/aromatic N) is 3. The fourth-order valence-corrected chi connectivity index (χ4v) is 5.31. The third-order valence-electron chi connectivity index (χ3n) is 7.69. The molecule has 0 aliphatic carbocycles. The number of H-pyrrole nitrogens is 1. The fraction of sp³-hybridized carbons (Fsp3) is 0.344. The highest BCUT2D eigenvalue weighted by Crippen LogP contribution is 2.36. The molecular weight excluding hydrogens is 609 g/mol. The van der Waals surface area contributed by atoms with Gasteiger partial charge < -0.3 is 20.1 Å². The van der Waals surface area contributed by atoms with E-state index in [-0.39, 0.29) is 35.0 Å². The minimum atomic E-state index is -0.482. The Morgan fingerprint density at radius 2 is 1.77 bits per heavy atom. The second-order valence-electron chi connectivity index (χ2n) is 11.2. The maximum atomic E-state index is 13.2. The van der Waals surface area contributed by atoms with Gasteiger partial charge in [0.2, 0.25) is 5.91 Å². The number of imidazole rings is 1. The summed E-state index contributed by atoms with van der Waals surface area (Å²) in [5.41, 5.74) is 2.66. The van der Waals surface area contributed by atoms with E-state index in [1.807, 2.05) is 42.5 Å². The highest BCUT2D eigenvalue weighted by atomic mass is 35.5. The molecule has 43 heavy (non-hydrogen) atoms. The molecule has 228 valence electrons. The number of amides is 1. The first kappa shape index (κ1) is 32.6. The molecule has 1 amide bonds. The number of pyridine rings is 1. The molecule has 0 atom stereocenters. The van der Waals surface area contributed by atoms with Gasteiger partial charge in [-0.25, -0.2) is 4.98 Å². The number of hydrogen-bond acceptors (Lipinski definition) is 6. The molecule has 2 aromatic carbocycles. The number of benzene rings is 2. The number of piperidine rings is 1. The van der Waals surface area contributed by atoms with Crippen LogP contribution in [0.1, 0.15) is 32.5 Å². The summed E-state index contributed by atoms with van der Waals surface area (Å²) in [5, 5.41) is 14.4. The van der Waals surface area contributed by atoms with Crippen molar-refractivity contribution >= 4 is 41.5 Å². The first-order chi connectivity index (χ1) is 20.2. The maximum absolute atomic E-state index is 13.2. The number of aromatic hydroxyl groups is 1. The zero-order valence-electron chi connectivity index (χ0n) is 24.1. The number of likely N-dealkylation sites (tertiary alicyclic amines) is 1. The largest absolute Gasteiger partial charge is 0.506 e. The van der Waals surface area contributed by atoms with Crippen LogP contribution in [0.4, 0.5) is 0 Å². The lowest BCUT2D eigenvalue weighted by molar-refractivity contribution is -0.126. The van der Waals surface area contributed by atoms with Crippen molar-refractivity contribution in [1.82, 2.24) is 25.2 Å². The van der Waals surface area contributed by atoms with Gasteiger partial charge in [0.25, 0.3) is 0 Å². The van der Waals surface area contributed by atoms with Crippen LogP contribution in [0.3, 0.4) is 0 Å². The van der Waals surface area contributed by atoms with Gasteiger partial charge in [-0.2, -0.15) is 0 Å². The average molecular weight is 645 g/mol. The molecule has 0 unspecified atom stereocenters. The van der Waals surface area contributed by atoms with Crippen LogP contribution in [0.5, 0.6) is 11.5 Å². The van der Waals surface area contributed by atoms with Gasteiger partial charge >= 0.3 is 0 Å². The summed E-state index contributed by atoms with van der Waals surface area (Å²) in [4.78, 5) is 28.0. The number of phenols is 1. The average Bonchev–Trinajstić information content (AvgIpc) is 3.46. The molecule has 0 spiro atoms. The minimum Gasteiger partial charge on any atom is -0.506 e. The van der Waals surface area contributed by atoms with Crippen molar-refractivity contribution < 1.29 is 14.6 Å². The van der Waals surface area contributed by atoms with Crippen molar-refractivity contribution in [2.24, 2.45) is 5.92 Å². The van der Waals surface area contributed by atoms with Gasteiger partial charge in [0, 0.05) is 53.0 Å². The summed E-state index contributed by atoms with van der Waals surface area (Å²) in [6.07, 6.45) is 5.07. The van der Waals surface area contributed by atoms with Crippen LogP contribution >= 0.6 is 35.6 Å². The van der Waals surface area contributed by atoms with Crippen molar-refractivity contribution in [2.45, 2.75) is 32.1 Å². The highest BCUT2D eigenvalue weighted by molar-refractivity contribution is 6.32. The zero-order chi connectivity index (χ0) is 29.7. The lowest BCUT2D eigenvalue weighted by Crippen LogP contribution is -2.44. The van der Waals surface area contributed by atoms with E-state index in [0.29, 0.717) is 23.9 Å². The van der Waals surface area contributed by atoms with Crippen LogP contribution in [0.25, 0.3) is 22.5 Å². The number of ether oxygens (including phenoxy) is 1.